The molecule has 0 radical (unpaired) electrons. The molecule has 7 heteroatoms. The fourth-order valence-electron chi connectivity index (χ4n) is 1.49. The molecule has 94 valence electrons. The average molecular weight is 250 g/mol. The summed E-state index contributed by atoms with van der Waals surface area (Å²) in [6, 6.07) is 0. The quantitative estimate of drug-likeness (QED) is 0.724. The molecule has 1 fully saturated rings. The van der Waals surface area contributed by atoms with Gasteiger partial charge in [0.05, 0.1) is 5.25 Å². The van der Waals surface area contributed by atoms with Crippen LogP contribution in [0.15, 0.2) is 0 Å². The van der Waals surface area contributed by atoms with Gasteiger partial charge in [-0.25, -0.2) is 18.4 Å². The molecule has 0 aromatic heterocycles. The van der Waals surface area contributed by atoms with Crippen molar-refractivity contribution >= 4 is 16.1 Å². The Bertz CT molecular complexity index is 371. The van der Waals surface area contributed by atoms with E-state index in [1.54, 1.807) is 20.8 Å². The third kappa shape index (κ3) is 3.64. The maximum atomic E-state index is 11.6. The number of rotatable bonds is 1. The standard InChI is InChI=1S/C9H18N2O4S/c1-9(2,3)15-8(12)11-5-4-7(6-11)16(10,13)14/h7H,4-6H2,1-3H3,(H2,10,13,14)/t7-/m0/s1. The van der Waals surface area contributed by atoms with Crippen molar-refractivity contribution < 1.29 is 17.9 Å². The van der Waals surface area contributed by atoms with Gasteiger partial charge in [-0.05, 0) is 27.2 Å². The lowest BCUT2D eigenvalue weighted by Gasteiger charge is -2.24. The topological polar surface area (TPSA) is 89.7 Å². The summed E-state index contributed by atoms with van der Waals surface area (Å²) in [7, 11) is -3.56. The molecule has 0 bridgehead atoms. The molecule has 6 nitrogen and oxygen atoms in total. The number of carbonyl (C=O) groups excluding carboxylic acids is 1. The van der Waals surface area contributed by atoms with E-state index in [0.29, 0.717) is 13.0 Å². The van der Waals surface area contributed by atoms with Crippen molar-refractivity contribution in [2.24, 2.45) is 5.14 Å². The van der Waals surface area contributed by atoms with Crippen LogP contribution in [0, 0.1) is 0 Å². The molecule has 16 heavy (non-hydrogen) atoms. The SMILES string of the molecule is CC(C)(C)OC(=O)N1CC[C@H](S(N)(=O)=O)C1. The highest BCUT2D eigenvalue weighted by Gasteiger charge is 2.34. The molecule has 0 spiro atoms. The molecule has 0 aliphatic carbocycles. The first-order valence-electron chi connectivity index (χ1n) is 5.09. The molecule has 1 rings (SSSR count). The highest BCUT2D eigenvalue weighted by Crippen LogP contribution is 2.18. The van der Waals surface area contributed by atoms with Crippen molar-refractivity contribution in [2.45, 2.75) is 38.0 Å². The number of hydrogen-bond acceptors (Lipinski definition) is 4. The monoisotopic (exact) mass is 250 g/mol. The van der Waals surface area contributed by atoms with Crippen molar-refractivity contribution in [1.82, 2.24) is 4.90 Å². The molecular weight excluding hydrogens is 232 g/mol. The third-order valence-electron chi connectivity index (χ3n) is 2.26. The van der Waals surface area contributed by atoms with Gasteiger partial charge in [0.25, 0.3) is 0 Å². The number of nitrogens with two attached hydrogens (primary N) is 1. The molecule has 0 aromatic rings. The Morgan fingerprint density at radius 3 is 2.38 bits per heavy atom. The molecule has 0 saturated carbocycles. The zero-order valence-corrected chi connectivity index (χ0v) is 10.6. The van der Waals surface area contributed by atoms with Crippen molar-refractivity contribution in [3.63, 3.8) is 0 Å². The van der Waals surface area contributed by atoms with Crippen LogP contribution in [-0.4, -0.2) is 43.4 Å². The van der Waals surface area contributed by atoms with Gasteiger partial charge in [0, 0.05) is 13.1 Å². The van der Waals surface area contributed by atoms with Crippen LogP contribution in [0.1, 0.15) is 27.2 Å². The largest absolute Gasteiger partial charge is 0.444 e. The maximum Gasteiger partial charge on any atom is 0.410 e. The molecular formula is C9H18N2O4S. The van der Waals surface area contributed by atoms with Gasteiger partial charge in [-0.2, -0.15) is 0 Å². The average Bonchev–Trinajstić information content (AvgIpc) is 2.46. The van der Waals surface area contributed by atoms with Crippen molar-refractivity contribution in [2.75, 3.05) is 13.1 Å². The van der Waals surface area contributed by atoms with Crippen molar-refractivity contribution in [3.05, 3.63) is 0 Å². The van der Waals surface area contributed by atoms with Crippen molar-refractivity contribution in [3.8, 4) is 0 Å². The molecule has 0 aromatic carbocycles. The number of carbonyl (C=O) groups is 1. The molecule has 1 atom stereocenters. The Kier molecular flexibility index (Phi) is 3.49. The summed E-state index contributed by atoms with van der Waals surface area (Å²) in [5.74, 6) is 0. The molecule has 0 unspecified atom stereocenters. The second-order valence-electron chi connectivity index (χ2n) is 4.93. The smallest absolute Gasteiger partial charge is 0.410 e. The predicted octanol–water partition coefficient (Wildman–Crippen LogP) is 0.284. The third-order valence-corrected chi connectivity index (χ3v) is 3.58. The maximum absolute atomic E-state index is 11.6. The van der Waals surface area contributed by atoms with Crippen LogP contribution in [0.3, 0.4) is 0 Å². The zero-order valence-electron chi connectivity index (χ0n) is 9.76. The molecule has 1 aliphatic heterocycles. The number of primary sulfonamides is 1. The first kappa shape index (κ1) is 13.2. The lowest BCUT2D eigenvalue weighted by molar-refractivity contribution is 0.0295. The Morgan fingerprint density at radius 2 is 2.00 bits per heavy atom. The molecule has 1 amide bonds. The second-order valence-corrected chi connectivity index (χ2v) is 6.77. The minimum atomic E-state index is -3.56. The minimum absolute atomic E-state index is 0.119. The van der Waals surface area contributed by atoms with Gasteiger partial charge in [0.2, 0.25) is 10.0 Å². The van der Waals surface area contributed by atoms with Crippen LogP contribution in [-0.2, 0) is 14.8 Å². The molecule has 1 saturated heterocycles. The van der Waals surface area contributed by atoms with Gasteiger partial charge in [-0.1, -0.05) is 0 Å². The Labute approximate surface area is 95.8 Å². The number of hydrogen-bond donors (Lipinski definition) is 1. The van der Waals surface area contributed by atoms with E-state index in [-0.39, 0.29) is 6.54 Å². The fraction of sp³-hybridized carbons (Fsp3) is 0.889. The Morgan fingerprint density at radius 1 is 1.44 bits per heavy atom. The number of amides is 1. The summed E-state index contributed by atoms with van der Waals surface area (Å²) >= 11 is 0. The van der Waals surface area contributed by atoms with Gasteiger partial charge >= 0.3 is 6.09 Å². The van der Waals surface area contributed by atoms with Gasteiger partial charge in [0.15, 0.2) is 0 Å². The normalized spacial score (nSPS) is 22.2. The van der Waals surface area contributed by atoms with Gasteiger partial charge in [0.1, 0.15) is 5.60 Å². The van der Waals surface area contributed by atoms with E-state index in [1.165, 1.54) is 4.90 Å². The molecule has 1 heterocycles. The van der Waals surface area contributed by atoms with Crippen LogP contribution >= 0.6 is 0 Å². The van der Waals surface area contributed by atoms with Gasteiger partial charge in [-0.15, -0.1) is 0 Å². The highest BCUT2D eigenvalue weighted by molar-refractivity contribution is 7.89. The summed E-state index contributed by atoms with van der Waals surface area (Å²) in [6.07, 6.45) is -0.114. The number of nitrogens with zero attached hydrogens (tertiary/aromatic N) is 1. The van der Waals surface area contributed by atoms with Crippen LogP contribution in [0.25, 0.3) is 0 Å². The van der Waals surface area contributed by atoms with Gasteiger partial charge < -0.3 is 9.64 Å². The van der Waals surface area contributed by atoms with E-state index in [2.05, 4.69) is 0 Å². The fourth-order valence-corrected chi connectivity index (χ4v) is 2.31. The summed E-state index contributed by atoms with van der Waals surface area (Å²) in [5.41, 5.74) is -0.573. The predicted molar refractivity (Wildman–Crippen MR) is 59.3 cm³/mol. The van der Waals surface area contributed by atoms with E-state index in [1.807, 2.05) is 0 Å². The summed E-state index contributed by atoms with van der Waals surface area (Å²) in [6.45, 7) is 5.78. The lowest BCUT2D eigenvalue weighted by Crippen LogP contribution is -2.37. The second kappa shape index (κ2) is 4.21. The van der Waals surface area contributed by atoms with E-state index in [9.17, 15) is 13.2 Å². The highest BCUT2D eigenvalue weighted by atomic mass is 32.2. The number of ether oxygens (including phenoxy) is 1. The van der Waals surface area contributed by atoms with Crippen LogP contribution in [0.5, 0.6) is 0 Å². The number of sulfonamides is 1. The minimum Gasteiger partial charge on any atom is -0.444 e. The van der Waals surface area contributed by atoms with Crippen LogP contribution in [0.4, 0.5) is 4.79 Å². The molecule has 1 aliphatic rings. The van der Waals surface area contributed by atoms with E-state index < -0.39 is 27.0 Å². The zero-order chi connectivity index (χ0) is 12.6. The van der Waals surface area contributed by atoms with Crippen LogP contribution < -0.4 is 5.14 Å². The lowest BCUT2D eigenvalue weighted by atomic mass is 10.2. The van der Waals surface area contributed by atoms with Gasteiger partial charge in [-0.3, -0.25) is 0 Å². The van der Waals surface area contributed by atoms with Crippen molar-refractivity contribution in [1.29, 1.82) is 0 Å². The molecule has 2 N–H and O–H groups in total. The summed E-state index contributed by atoms with van der Waals surface area (Å²) in [5, 5.41) is 4.36. The summed E-state index contributed by atoms with van der Waals surface area (Å²) < 4.78 is 27.3. The number of likely N-dealkylation sites (tertiary alicyclic amines) is 1. The van der Waals surface area contributed by atoms with E-state index in [4.69, 9.17) is 9.88 Å². The first-order valence-corrected chi connectivity index (χ1v) is 6.70. The first-order chi connectivity index (χ1) is 7.09. The summed E-state index contributed by atoms with van der Waals surface area (Å²) in [4.78, 5) is 13.0. The van der Waals surface area contributed by atoms with Crippen LogP contribution in [0.2, 0.25) is 0 Å². The van der Waals surface area contributed by atoms with E-state index in [0.717, 1.165) is 0 Å². The Hall–Kier alpha value is -0.820. The van der Waals surface area contributed by atoms with E-state index >= 15 is 0 Å². The Balaban J connectivity index is 2.57.